The van der Waals surface area contributed by atoms with Crippen LogP contribution in [0.15, 0.2) is 12.3 Å². The number of amides is 1. The molecule has 7 heteroatoms. The molecule has 2 rings (SSSR count). The molecule has 1 aliphatic heterocycles. The van der Waals surface area contributed by atoms with Crippen molar-refractivity contribution in [2.24, 2.45) is 0 Å². The molecule has 7 nitrogen and oxygen atoms in total. The van der Waals surface area contributed by atoms with Gasteiger partial charge in [-0.1, -0.05) is 0 Å². The summed E-state index contributed by atoms with van der Waals surface area (Å²) in [6.45, 7) is 7.12. The topological polar surface area (TPSA) is 89.7 Å². The lowest BCUT2D eigenvalue weighted by molar-refractivity contribution is 0.0500. The third kappa shape index (κ3) is 4.91. The summed E-state index contributed by atoms with van der Waals surface area (Å²) < 4.78 is 10.6. The molecule has 0 aromatic carbocycles. The molecule has 1 amide bonds. The average Bonchev–Trinajstić information content (AvgIpc) is 2.46. The van der Waals surface area contributed by atoms with E-state index in [-0.39, 0.29) is 12.1 Å². The van der Waals surface area contributed by atoms with Crippen LogP contribution in [-0.2, 0) is 4.74 Å². The summed E-state index contributed by atoms with van der Waals surface area (Å²) >= 11 is 0. The Morgan fingerprint density at radius 3 is 2.87 bits per heavy atom. The number of rotatable bonds is 3. The molecular weight excluding hydrogens is 296 g/mol. The molecular formula is C16H26N4O3. The molecule has 1 aliphatic rings. The van der Waals surface area contributed by atoms with Crippen molar-refractivity contribution in [3.05, 3.63) is 12.3 Å². The molecule has 0 aliphatic carbocycles. The van der Waals surface area contributed by atoms with Crippen molar-refractivity contribution >= 4 is 17.6 Å². The number of nitrogens with two attached hydrogens (primary N) is 1. The van der Waals surface area contributed by atoms with Crippen molar-refractivity contribution in [2.75, 3.05) is 30.8 Å². The zero-order valence-electron chi connectivity index (χ0n) is 14.3. The van der Waals surface area contributed by atoms with E-state index in [9.17, 15) is 4.79 Å². The Morgan fingerprint density at radius 1 is 1.48 bits per heavy atom. The van der Waals surface area contributed by atoms with E-state index < -0.39 is 5.60 Å². The summed E-state index contributed by atoms with van der Waals surface area (Å²) in [6.07, 6.45) is 3.10. The fraction of sp³-hybridized carbons (Fsp3) is 0.625. The van der Waals surface area contributed by atoms with Crippen LogP contribution in [0.1, 0.15) is 33.6 Å². The molecule has 0 radical (unpaired) electrons. The lowest BCUT2D eigenvalue weighted by Crippen LogP contribution is -2.49. The molecule has 1 aromatic heterocycles. The second kappa shape index (κ2) is 6.93. The number of methoxy groups -OCH3 is 1. The molecule has 1 saturated heterocycles. The number of ether oxygens (including phenoxy) is 2. The summed E-state index contributed by atoms with van der Waals surface area (Å²) in [5.41, 5.74) is 5.82. The Balaban J connectivity index is 1.99. The monoisotopic (exact) mass is 322 g/mol. The van der Waals surface area contributed by atoms with E-state index in [1.807, 2.05) is 26.8 Å². The first-order chi connectivity index (χ1) is 10.8. The van der Waals surface area contributed by atoms with Crippen molar-refractivity contribution in [2.45, 2.75) is 45.3 Å². The number of pyridine rings is 1. The Kier molecular flexibility index (Phi) is 5.18. The highest BCUT2D eigenvalue weighted by atomic mass is 16.6. The SMILES string of the molecule is COc1cc(N2CCCC(NC(=O)OC(C)(C)C)C2)ncc1N. The van der Waals surface area contributed by atoms with E-state index in [2.05, 4.69) is 15.2 Å². The fourth-order valence-electron chi connectivity index (χ4n) is 2.56. The first kappa shape index (κ1) is 17.2. The number of piperidine rings is 1. The molecule has 0 saturated carbocycles. The standard InChI is InChI=1S/C16H26N4O3/c1-16(2,3)23-15(21)19-11-6-5-7-20(10-11)14-8-13(22-4)12(17)9-18-14/h8-9,11H,5-7,10,17H2,1-4H3,(H,19,21). The van der Waals surface area contributed by atoms with E-state index in [0.29, 0.717) is 18.0 Å². The number of carbonyl (C=O) groups excluding carboxylic acids is 1. The number of nitrogen functional groups attached to an aromatic ring is 1. The zero-order valence-corrected chi connectivity index (χ0v) is 14.3. The summed E-state index contributed by atoms with van der Waals surface area (Å²) in [5, 5.41) is 2.93. The van der Waals surface area contributed by atoms with Gasteiger partial charge in [0.2, 0.25) is 0 Å². The van der Waals surface area contributed by atoms with Crippen LogP contribution in [0.4, 0.5) is 16.3 Å². The van der Waals surface area contributed by atoms with E-state index in [1.165, 1.54) is 0 Å². The lowest BCUT2D eigenvalue weighted by Gasteiger charge is -2.34. The third-order valence-electron chi connectivity index (χ3n) is 3.57. The van der Waals surface area contributed by atoms with Crippen LogP contribution in [0, 0.1) is 0 Å². The normalized spacial score (nSPS) is 18.4. The lowest BCUT2D eigenvalue weighted by atomic mass is 10.1. The largest absolute Gasteiger partial charge is 0.494 e. The van der Waals surface area contributed by atoms with Crippen molar-refractivity contribution < 1.29 is 14.3 Å². The second-order valence-corrected chi connectivity index (χ2v) is 6.72. The van der Waals surface area contributed by atoms with Gasteiger partial charge in [0.25, 0.3) is 0 Å². The van der Waals surface area contributed by atoms with Gasteiger partial charge in [-0.15, -0.1) is 0 Å². The van der Waals surface area contributed by atoms with Crippen molar-refractivity contribution in [1.82, 2.24) is 10.3 Å². The molecule has 1 unspecified atom stereocenters. The van der Waals surface area contributed by atoms with Crippen LogP contribution in [0.25, 0.3) is 0 Å². The van der Waals surface area contributed by atoms with Crippen LogP contribution in [0.5, 0.6) is 5.75 Å². The first-order valence-electron chi connectivity index (χ1n) is 7.82. The number of alkyl carbamates (subject to hydrolysis) is 1. The van der Waals surface area contributed by atoms with Gasteiger partial charge in [0.1, 0.15) is 17.2 Å². The molecule has 3 N–H and O–H groups in total. The quantitative estimate of drug-likeness (QED) is 0.886. The predicted octanol–water partition coefficient (Wildman–Crippen LogP) is 2.17. The minimum Gasteiger partial charge on any atom is -0.494 e. The molecule has 128 valence electrons. The number of nitrogens with zero attached hydrogens (tertiary/aromatic N) is 2. The summed E-state index contributed by atoms with van der Waals surface area (Å²) in [6, 6.07) is 1.86. The Bertz CT molecular complexity index is 557. The molecule has 2 heterocycles. The Labute approximate surface area is 137 Å². The number of anilines is 2. The van der Waals surface area contributed by atoms with Crippen LogP contribution in [-0.4, -0.2) is 42.9 Å². The van der Waals surface area contributed by atoms with E-state index >= 15 is 0 Å². The maximum absolute atomic E-state index is 11.9. The number of aromatic nitrogens is 1. The van der Waals surface area contributed by atoms with Crippen LogP contribution < -0.4 is 20.7 Å². The highest BCUT2D eigenvalue weighted by molar-refractivity contribution is 5.68. The van der Waals surface area contributed by atoms with Gasteiger partial charge in [0.15, 0.2) is 0 Å². The summed E-state index contributed by atoms with van der Waals surface area (Å²) in [7, 11) is 1.58. The number of hydrogen-bond donors (Lipinski definition) is 2. The molecule has 1 fully saturated rings. The zero-order chi connectivity index (χ0) is 17.0. The number of carbonyl (C=O) groups is 1. The van der Waals surface area contributed by atoms with Crippen LogP contribution in [0.3, 0.4) is 0 Å². The summed E-state index contributed by atoms with van der Waals surface area (Å²) in [4.78, 5) is 18.4. The number of nitrogens with one attached hydrogen (secondary N) is 1. The van der Waals surface area contributed by atoms with Gasteiger partial charge in [-0.3, -0.25) is 0 Å². The van der Waals surface area contributed by atoms with Crippen molar-refractivity contribution in [3.63, 3.8) is 0 Å². The third-order valence-corrected chi connectivity index (χ3v) is 3.57. The molecule has 0 spiro atoms. The minimum absolute atomic E-state index is 0.0314. The van der Waals surface area contributed by atoms with Gasteiger partial charge in [-0.25, -0.2) is 9.78 Å². The van der Waals surface area contributed by atoms with Gasteiger partial charge >= 0.3 is 6.09 Å². The maximum atomic E-state index is 11.9. The Morgan fingerprint density at radius 2 is 2.22 bits per heavy atom. The maximum Gasteiger partial charge on any atom is 0.407 e. The average molecular weight is 322 g/mol. The van der Waals surface area contributed by atoms with Gasteiger partial charge in [0.05, 0.1) is 19.0 Å². The van der Waals surface area contributed by atoms with Crippen molar-refractivity contribution in [1.29, 1.82) is 0 Å². The fourth-order valence-corrected chi connectivity index (χ4v) is 2.56. The highest BCUT2D eigenvalue weighted by Gasteiger charge is 2.25. The number of hydrogen-bond acceptors (Lipinski definition) is 6. The first-order valence-corrected chi connectivity index (χ1v) is 7.82. The van der Waals surface area contributed by atoms with E-state index in [1.54, 1.807) is 13.3 Å². The molecule has 1 atom stereocenters. The molecule has 1 aromatic rings. The van der Waals surface area contributed by atoms with Gasteiger partial charge < -0.3 is 25.4 Å². The van der Waals surface area contributed by atoms with Gasteiger partial charge in [0, 0.05) is 25.2 Å². The van der Waals surface area contributed by atoms with E-state index in [4.69, 9.17) is 15.2 Å². The Hall–Kier alpha value is -2.18. The summed E-state index contributed by atoms with van der Waals surface area (Å²) in [5.74, 6) is 1.41. The van der Waals surface area contributed by atoms with Gasteiger partial charge in [-0.2, -0.15) is 0 Å². The molecule has 23 heavy (non-hydrogen) atoms. The van der Waals surface area contributed by atoms with E-state index in [0.717, 1.165) is 25.2 Å². The highest BCUT2D eigenvalue weighted by Crippen LogP contribution is 2.26. The second-order valence-electron chi connectivity index (χ2n) is 6.72. The van der Waals surface area contributed by atoms with Crippen LogP contribution >= 0.6 is 0 Å². The molecule has 0 bridgehead atoms. The predicted molar refractivity (Wildman–Crippen MR) is 89.8 cm³/mol. The van der Waals surface area contributed by atoms with Crippen LogP contribution in [0.2, 0.25) is 0 Å². The smallest absolute Gasteiger partial charge is 0.407 e. The minimum atomic E-state index is -0.496. The van der Waals surface area contributed by atoms with Crippen molar-refractivity contribution in [3.8, 4) is 5.75 Å². The van der Waals surface area contributed by atoms with Gasteiger partial charge in [-0.05, 0) is 33.6 Å².